The lowest BCUT2D eigenvalue weighted by molar-refractivity contribution is -0.137. The monoisotopic (exact) mass is 276 g/mol. The Bertz CT molecular complexity index is 611. The van der Waals surface area contributed by atoms with Gasteiger partial charge in [0.1, 0.15) is 12.4 Å². The van der Waals surface area contributed by atoms with Crippen LogP contribution in [0.4, 0.5) is 0 Å². The quantitative estimate of drug-likeness (QED) is 0.912. The molecule has 108 valence electrons. The SMILES string of the molecule is CC(C)(C)OCc1nc2ccccc2n1CCC(=O)O. The van der Waals surface area contributed by atoms with Crippen molar-refractivity contribution in [2.24, 2.45) is 0 Å². The molecule has 0 spiro atoms. The van der Waals surface area contributed by atoms with Gasteiger partial charge in [-0.2, -0.15) is 0 Å². The van der Waals surface area contributed by atoms with E-state index in [9.17, 15) is 4.79 Å². The summed E-state index contributed by atoms with van der Waals surface area (Å²) < 4.78 is 7.69. The second kappa shape index (κ2) is 5.63. The zero-order chi connectivity index (χ0) is 14.8. The number of imidazole rings is 1. The molecule has 0 aliphatic heterocycles. The molecule has 1 N–H and O–H groups in total. The molecule has 0 fully saturated rings. The van der Waals surface area contributed by atoms with Crippen LogP contribution in [0.25, 0.3) is 11.0 Å². The van der Waals surface area contributed by atoms with E-state index < -0.39 is 5.97 Å². The number of fused-ring (bicyclic) bond motifs is 1. The van der Waals surface area contributed by atoms with Crippen molar-refractivity contribution in [2.75, 3.05) is 0 Å². The van der Waals surface area contributed by atoms with Gasteiger partial charge in [-0.1, -0.05) is 12.1 Å². The Morgan fingerprint density at radius 1 is 1.35 bits per heavy atom. The van der Waals surface area contributed by atoms with E-state index in [0.717, 1.165) is 16.9 Å². The van der Waals surface area contributed by atoms with Crippen molar-refractivity contribution in [3.63, 3.8) is 0 Å². The topological polar surface area (TPSA) is 64.4 Å². The molecule has 1 aromatic heterocycles. The predicted octanol–water partition coefficient (Wildman–Crippen LogP) is 2.83. The number of carbonyl (C=O) groups is 1. The Labute approximate surface area is 118 Å². The van der Waals surface area contributed by atoms with Gasteiger partial charge in [-0.15, -0.1) is 0 Å². The molecule has 0 saturated carbocycles. The smallest absolute Gasteiger partial charge is 0.305 e. The lowest BCUT2D eigenvalue weighted by atomic mass is 10.2. The summed E-state index contributed by atoms with van der Waals surface area (Å²) >= 11 is 0. The van der Waals surface area contributed by atoms with E-state index in [4.69, 9.17) is 9.84 Å². The minimum atomic E-state index is -0.814. The van der Waals surface area contributed by atoms with Crippen molar-refractivity contribution in [3.05, 3.63) is 30.1 Å². The minimum absolute atomic E-state index is 0.0723. The van der Waals surface area contributed by atoms with Gasteiger partial charge in [0.2, 0.25) is 0 Å². The summed E-state index contributed by atoms with van der Waals surface area (Å²) in [5.74, 6) is -0.0483. The lowest BCUT2D eigenvalue weighted by Gasteiger charge is -2.19. The van der Waals surface area contributed by atoms with Gasteiger partial charge in [-0.25, -0.2) is 4.98 Å². The Balaban J connectivity index is 2.31. The fourth-order valence-corrected chi connectivity index (χ4v) is 1.97. The second-order valence-electron chi connectivity index (χ2n) is 5.71. The van der Waals surface area contributed by atoms with Crippen molar-refractivity contribution in [1.82, 2.24) is 9.55 Å². The highest BCUT2D eigenvalue weighted by Gasteiger charge is 2.15. The molecule has 0 aliphatic rings. The van der Waals surface area contributed by atoms with E-state index in [-0.39, 0.29) is 12.0 Å². The first-order valence-corrected chi connectivity index (χ1v) is 6.67. The van der Waals surface area contributed by atoms with E-state index in [1.54, 1.807) is 0 Å². The number of benzene rings is 1. The molecule has 0 unspecified atom stereocenters. The highest BCUT2D eigenvalue weighted by molar-refractivity contribution is 5.76. The summed E-state index contributed by atoms with van der Waals surface area (Å²) in [6.07, 6.45) is 0.0723. The van der Waals surface area contributed by atoms with Crippen LogP contribution >= 0.6 is 0 Å². The predicted molar refractivity (Wildman–Crippen MR) is 76.5 cm³/mol. The van der Waals surface area contributed by atoms with Gasteiger partial charge >= 0.3 is 5.97 Å². The van der Waals surface area contributed by atoms with Crippen molar-refractivity contribution in [2.45, 2.75) is 45.9 Å². The van der Waals surface area contributed by atoms with Crippen LogP contribution in [-0.4, -0.2) is 26.2 Å². The summed E-state index contributed by atoms with van der Waals surface area (Å²) in [5.41, 5.74) is 1.56. The maximum atomic E-state index is 10.8. The van der Waals surface area contributed by atoms with Crippen LogP contribution in [0.5, 0.6) is 0 Å². The number of hydrogen-bond donors (Lipinski definition) is 1. The van der Waals surface area contributed by atoms with Crippen molar-refractivity contribution in [3.8, 4) is 0 Å². The third-order valence-electron chi connectivity index (χ3n) is 2.92. The molecule has 0 saturated heterocycles. The third kappa shape index (κ3) is 3.57. The molecule has 0 bridgehead atoms. The first-order valence-electron chi connectivity index (χ1n) is 6.67. The van der Waals surface area contributed by atoms with Crippen LogP contribution in [0.15, 0.2) is 24.3 Å². The number of hydrogen-bond acceptors (Lipinski definition) is 3. The van der Waals surface area contributed by atoms with Gasteiger partial charge in [0, 0.05) is 6.54 Å². The van der Waals surface area contributed by atoms with Gasteiger partial charge in [-0.3, -0.25) is 4.79 Å². The van der Waals surface area contributed by atoms with Crippen molar-refractivity contribution >= 4 is 17.0 Å². The van der Waals surface area contributed by atoms with Gasteiger partial charge in [-0.05, 0) is 32.9 Å². The summed E-state index contributed by atoms with van der Waals surface area (Å²) in [4.78, 5) is 15.3. The number of para-hydroxylation sites is 2. The van der Waals surface area contributed by atoms with Crippen molar-refractivity contribution < 1.29 is 14.6 Å². The van der Waals surface area contributed by atoms with Gasteiger partial charge in [0.15, 0.2) is 0 Å². The molecule has 5 nitrogen and oxygen atoms in total. The number of aryl methyl sites for hydroxylation is 1. The van der Waals surface area contributed by atoms with Gasteiger partial charge < -0.3 is 14.4 Å². The maximum absolute atomic E-state index is 10.8. The molecular formula is C15H20N2O3. The van der Waals surface area contributed by atoms with Gasteiger partial charge in [0.05, 0.1) is 23.1 Å². The number of aromatic nitrogens is 2. The van der Waals surface area contributed by atoms with E-state index in [1.165, 1.54) is 0 Å². The molecule has 0 amide bonds. The van der Waals surface area contributed by atoms with Crippen LogP contribution in [0.1, 0.15) is 33.0 Å². The van der Waals surface area contributed by atoms with E-state index in [2.05, 4.69) is 4.98 Å². The zero-order valence-corrected chi connectivity index (χ0v) is 12.1. The standard InChI is InChI=1S/C15H20N2O3/c1-15(2,3)20-10-13-16-11-6-4-5-7-12(11)17(13)9-8-14(18)19/h4-7H,8-10H2,1-3H3,(H,18,19). The first-order chi connectivity index (χ1) is 9.37. The average molecular weight is 276 g/mol. The number of rotatable bonds is 5. The molecule has 20 heavy (non-hydrogen) atoms. The largest absolute Gasteiger partial charge is 0.481 e. The molecule has 0 aliphatic carbocycles. The number of ether oxygens (including phenoxy) is 1. The average Bonchev–Trinajstić information content (AvgIpc) is 2.71. The van der Waals surface area contributed by atoms with Crippen LogP contribution in [0.2, 0.25) is 0 Å². The van der Waals surface area contributed by atoms with Crippen LogP contribution in [0.3, 0.4) is 0 Å². The number of nitrogens with zero attached hydrogens (tertiary/aromatic N) is 2. The molecule has 1 aromatic carbocycles. The Morgan fingerprint density at radius 2 is 2.05 bits per heavy atom. The summed E-state index contributed by atoms with van der Waals surface area (Å²) in [7, 11) is 0. The highest BCUT2D eigenvalue weighted by Crippen LogP contribution is 2.19. The number of carboxylic acids is 1. The first kappa shape index (κ1) is 14.5. The normalized spacial score (nSPS) is 11.9. The van der Waals surface area contributed by atoms with Crippen molar-refractivity contribution in [1.29, 1.82) is 0 Å². The van der Waals surface area contributed by atoms with Gasteiger partial charge in [0.25, 0.3) is 0 Å². The minimum Gasteiger partial charge on any atom is -0.481 e. The number of carboxylic acid groups (broad SMARTS) is 1. The molecule has 0 atom stereocenters. The Hall–Kier alpha value is -1.88. The Morgan fingerprint density at radius 3 is 2.70 bits per heavy atom. The second-order valence-corrected chi connectivity index (χ2v) is 5.71. The molecule has 2 rings (SSSR count). The maximum Gasteiger partial charge on any atom is 0.305 e. The summed E-state index contributed by atoms with van der Waals surface area (Å²) in [6, 6.07) is 7.72. The van der Waals surface area contributed by atoms with E-state index in [0.29, 0.717) is 13.2 Å². The van der Waals surface area contributed by atoms with Crippen LogP contribution in [-0.2, 0) is 22.7 Å². The van der Waals surface area contributed by atoms with E-state index in [1.807, 2.05) is 49.6 Å². The Kier molecular flexibility index (Phi) is 4.09. The summed E-state index contributed by atoms with van der Waals surface area (Å²) in [6.45, 7) is 6.72. The van der Waals surface area contributed by atoms with E-state index >= 15 is 0 Å². The molecule has 2 aromatic rings. The molecular weight excluding hydrogens is 256 g/mol. The number of aliphatic carboxylic acids is 1. The fourth-order valence-electron chi connectivity index (χ4n) is 1.97. The summed E-state index contributed by atoms with van der Waals surface area (Å²) in [5, 5.41) is 8.87. The lowest BCUT2D eigenvalue weighted by Crippen LogP contribution is -2.20. The molecule has 0 radical (unpaired) electrons. The van der Waals surface area contributed by atoms with Crippen LogP contribution in [0, 0.1) is 0 Å². The highest BCUT2D eigenvalue weighted by atomic mass is 16.5. The molecule has 5 heteroatoms. The van der Waals surface area contributed by atoms with Crippen LogP contribution < -0.4 is 0 Å². The fraction of sp³-hybridized carbons (Fsp3) is 0.467. The zero-order valence-electron chi connectivity index (χ0n) is 12.1. The molecule has 1 heterocycles. The third-order valence-corrected chi connectivity index (χ3v) is 2.92.